The number of halogens is 5. The first-order valence-electron chi connectivity index (χ1n) is 21.0. The van der Waals surface area contributed by atoms with E-state index in [1.807, 2.05) is 36.4 Å². The number of benzene rings is 6. The fourth-order valence-electron chi connectivity index (χ4n) is 8.96. The van der Waals surface area contributed by atoms with E-state index in [9.17, 15) is 0 Å². The first-order valence-corrected chi connectivity index (χ1v) is 21.0. The highest BCUT2D eigenvalue weighted by Crippen LogP contribution is 2.46. The molecular weight excluding hydrogens is 874 g/mol. The minimum Gasteiger partial charge on any atom is -0.309 e. The second kappa shape index (κ2) is 15.8. The topological polar surface area (TPSA) is 126 Å². The van der Waals surface area contributed by atoms with Gasteiger partial charge in [-0.2, -0.15) is 13.2 Å². The molecule has 12 aromatic rings. The summed E-state index contributed by atoms with van der Waals surface area (Å²) in [6, 6.07) is 32.0. The van der Waals surface area contributed by atoms with Crippen LogP contribution in [0, 0.1) is 11.6 Å². The third kappa shape index (κ3) is 6.85. The Balaban J connectivity index is 1.23. The molecule has 12 rings (SSSR count). The maximum absolute atomic E-state index is 16.4. The molecule has 0 spiro atoms. The Morgan fingerprint density at radius 3 is 1.12 bits per heavy atom. The summed E-state index contributed by atoms with van der Waals surface area (Å²) in [5.41, 5.74) is 2.59. The largest absolute Gasteiger partial charge is 0.418 e. The Labute approximate surface area is 381 Å². The molecule has 6 aromatic heterocycles. The quantitative estimate of drug-likeness (QED) is 0.144. The lowest BCUT2D eigenvalue weighted by Crippen LogP contribution is -2.13. The Hall–Kier alpha value is -9.18. The van der Waals surface area contributed by atoms with Crippen LogP contribution in [-0.2, 0) is 6.18 Å². The van der Waals surface area contributed by atoms with Gasteiger partial charge in [0.25, 0.3) is 0 Å². The molecule has 0 fully saturated rings. The van der Waals surface area contributed by atoms with Gasteiger partial charge in [0.1, 0.15) is 24.3 Å². The van der Waals surface area contributed by atoms with E-state index in [-0.39, 0.29) is 22.5 Å². The van der Waals surface area contributed by atoms with Gasteiger partial charge in [-0.25, -0.2) is 53.6 Å². The summed E-state index contributed by atoms with van der Waals surface area (Å²) in [5.74, 6) is -0.434. The third-order valence-corrected chi connectivity index (χ3v) is 11.8. The number of fused-ring (bicyclic) bond motifs is 6. The SMILES string of the molecule is Fc1cc(F)cc(-c2cc(-n3c4cc(-c5ncccn5)ccc4c4ccc(-c5ncncn5)cc43)c(C(F)(F)F)cc2-n2c3cc(-c4ncccn4)ccc3c3ccc(-c4ncccn4)cc32)c1. The predicted molar refractivity (Wildman–Crippen MR) is 247 cm³/mol. The van der Waals surface area contributed by atoms with Crippen LogP contribution in [0.2, 0.25) is 0 Å². The molecule has 0 aliphatic rings. The first kappa shape index (κ1) is 40.3. The summed E-state index contributed by atoms with van der Waals surface area (Å²) in [4.78, 5) is 39.2. The van der Waals surface area contributed by atoms with E-state index in [4.69, 9.17) is 0 Å². The predicted octanol–water partition coefficient (Wildman–Crippen LogP) is 12.1. The van der Waals surface area contributed by atoms with Crippen LogP contribution < -0.4 is 0 Å². The van der Waals surface area contributed by atoms with Crippen molar-refractivity contribution in [2.24, 2.45) is 0 Å². The lowest BCUT2D eigenvalue weighted by atomic mass is 9.98. The van der Waals surface area contributed by atoms with Gasteiger partial charge in [0, 0.05) is 92.6 Å². The average Bonchev–Trinajstić information content (AvgIpc) is 3.87. The molecule has 16 heteroatoms. The number of hydrogen-bond acceptors (Lipinski definition) is 9. The molecular formula is C52H28F5N11. The van der Waals surface area contributed by atoms with Gasteiger partial charge in [-0.1, -0.05) is 48.5 Å². The van der Waals surface area contributed by atoms with Crippen molar-refractivity contribution in [1.29, 1.82) is 0 Å². The lowest BCUT2D eigenvalue weighted by Gasteiger charge is -2.22. The van der Waals surface area contributed by atoms with Gasteiger partial charge < -0.3 is 9.13 Å². The van der Waals surface area contributed by atoms with Crippen molar-refractivity contribution in [3.8, 4) is 68.1 Å². The molecule has 68 heavy (non-hydrogen) atoms. The molecule has 0 radical (unpaired) electrons. The Morgan fingerprint density at radius 2 is 0.735 bits per heavy atom. The van der Waals surface area contributed by atoms with Gasteiger partial charge in [0.05, 0.1) is 39.0 Å². The molecule has 0 aliphatic heterocycles. The number of nitrogens with zero attached hydrogens (tertiary/aromatic N) is 11. The molecule has 326 valence electrons. The van der Waals surface area contributed by atoms with Crippen molar-refractivity contribution in [1.82, 2.24) is 54.0 Å². The van der Waals surface area contributed by atoms with E-state index in [0.29, 0.717) is 89.2 Å². The van der Waals surface area contributed by atoms with Crippen molar-refractivity contribution >= 4 is 43.6 Å². The summed E-state index contributed by atoms with van der Waals surface area (Å²) >= 11 is 0. The van der Waals surface area contributed by atoms with Crippen LogP contribution in [0.3, 0.4) is 0 Å². The molecule has 11 nitrogen and oxygen atoms in total. The Kier molecular flexibility index (Phi) is 9.35. The Morgan fingerprint density at radius 1 is 0.368 bits per heavy atom. The molecule has 6 heterocycles. The van der Waals surface area contributed by atoms with Crippen molar-refractivity contribution in [3.63, 3.8) is 0 Å². The zero-order valence-corrected chi connectivity index (χ0v) is 35.0. The summed E-state index contributed by atoms with van der Waals surface area (Å²) in [5, 5.41) is 2.59. The van der Waals surface area contributed by atoms with Crippen LogP contribution in [0.4, 0.5) is 22.0 Å². The van der Waals surface area contributed by atoms with E-state index in [0.717, 1.165) is 24.3 Å². The van der Waals surface area contributed by atoms with Gasteiger partial charge in [0.2, 0.25) is 0 Å². The van der Waals surface area contributed by atoms with E-state index in [1.54, 1.807) is 96.3 Å². The zero-order valence-electron chi connectivity index (χ0n) is 35.0. The number of aromatic nitrogens is 11. The van der Waals surface area contributed by atoms with Crippen LogP contribution in [-0.4, -0.2) is 54.0 Å². The van der Waals surface area contributed by atoms with Gasteiger partial charge >= 0.3 is 6.18 Å². The van der Waals surface area contributed by atoms with E-state index < -0.39 is 23.4 Å². The van der Waals surface area contributed by atoms with Gasteiger partial charge in [-0.05, 0) is 72.3 Å². The molecule has 0 N–H and O–H groups in total. The number of hydrogen-bond donors (Lipinski definition) is 0. The van der Waals surface area contributed by atoms with Crippen LogP contribution in [0.15, 0.2) is 171 Å². The van der Waals surface area contributed by atoms with Crippen LogP contribution in [0.1, 0.15) is 5.56 Å². The van der Waals surface area contributed by atoms with Gasteiger partial charge in [-0.15, -0.1) is 0 Å². The van der Waals surface area contributed by atoms with E-state index >= 15 is 22.0 Å². The van der Waals surface area contributed by atoms with Crippen LogP contribution >= 0.6 is 0 Å². The maximum Gasteiger partial charge on any atom is 0.418 e. The molecule has 0 saturated heterocycles. The average molecular weight is 902 g/mol. The van der Waals surface area contributed by atoms with Crippen molar-refractivity contribution in [2.45, 2.75) is 6.18 Å². The smallest absolute Gasteiger partial charge is 0.309 e. The summed E-state index contributed by atoms with van der Waals surface area (Å²) in [6.07, 6.45) is 7.19. The molecule has 6 aromatic carbocycles. The normalized spacial score (nSPS) is 11.9. The Bertz CT molecular complexity index is 3710. The minimum absolute atomic E-state index is 0.0161. The second-order valence-electron chi connectivity index (χ2n) is 15.8. The van der Waals surface area contributed by atoms with Crippen LogP contribution in [0.5, 0.6) is 0 Å². The maximum atomic E-state index is 16.4. The lowest BCUT2D eigenvalue weighted by molar-refractivity contribution is -0.137. The molecule has 0 saturated carbocycles. The number of rotatable bonds is 7. The third-order valence-electron chi connectivity index (χ3n) is 11.8. The highest BCUT2D eigenvalue weighted by Gasteiger charge is 2.37. The zero-order chi connectivity index (χ0) is 46.1. The van der Waals surface area contributed by atoms with Crippen molar-refractivity contribution in [2.75, 3.05) is 0 Å². The van der Waals surface area contributed by atoms with Crippen molar-refractivity contribution in [3.05, 3.63) is 188 Å². The van der Waals surface area contributed by atoms with Crippen LogP contribution in [0.25, 0.3) is 112 Å². The molecule has 0 amide bonds. The highest BCUT2D eigenvalue weighted by atomic mass is 19.4. The van der Waals surface area contributed by atoms with E-state index in [1.165, 1.54) is 23.3 Å². The second-order valence-corrected chi connectivity index (χ2v) is 15.8. The number of alkyl halides is 3. The molecule has 0 bridgehead atoms. The van der Waals surface area contributed by atoms with E-state index in [2.05, 4.69) is 44.9 Å². The fraction of sp³-hybridized carbons (Fsp3) is 0.0192. The van der Waals surface area contributed by atoms with Gasteiger partial charge in [-0.3, -0.25) is 0 Å². The standard InChI is InChI=1S/C52H28F5N11/c53-34-18-33(19-35(54)24-34)40-25-47(68-44-22-31(50-63-16-3-17-64-50)6-10-38(44)39-11-7-32(23-45(39)68)51-65-27-58-28-66-51)41(52(55,56)57)26-46(40)67-42-20-29(48-59-12-1-13-60-48)4-8-36(42)37-9-5-30(21-43(37)67)49-61-14-2-15-62-49/h1-28H. The van der Waals surface area contributed by atoms with Gasteiger partial charge in [0.15, 0.2) is 23.3 Å². The van der Waals surface area contributed by atoms with Crippen molar-refractivity contribution < 1.29 is 22.0 Å². The highest BCUT2D eigenvalue weighted by molar-refractivity contribution is 6.13. The monoisotopic (exact) mass is 901 g/mol. The molecule has 0 unspecified atom stereocenters. The molecule has 0 aliphatic carbocycles. The fourth-order valence-corrected chi connectivity index (χ4v) is 8.96. The first-order chi connectivity index (χ1) is 33.2. The minimum atomic E-state index is -5.00. The summed E-state index contributed by atoms with van der Waals surface area (Å²) in [6.45, 7) is 0. The summed E-state index contributed by atoms with van der Waals surface area (Å²) in [7, 11) is 0. The molecule has 0 atom stereocenters. The summed E-state index contributed by atoms with van der Waals surface area (Å²) < 4.78 is 83.5.